The summed E-state index contributed by atoms with van der Waals surface area (Å²) in [7, 11) is 1.28. The predicted octanol–water partition coefficient (Wildman–Crippen LogP) is 4.62. The molecule has 1 saturated carbocycles. The van der Waals surface area contributed by atoms with Crippen LogP contribution in [-0.2, 0) is 21.3 Å². The molecule has 9 nitrogen and oxygen atoms in total. The third-order valence-electron chi connectivity index (χ3n) is 7.70. The summed E-state index contributed by atoms with van der Waals surface area (Å²) < 4.78 is 75.7. The van der Waals surface area contributed by atoms with Gasteiger partial charge in [-0.3, -0.25) is 0 Å². The minimum Gasteiger partial charge on any atom is -0.495 e. The molecule has 0 amide bonds. The standard InChI is InChI=1S/C30H38F3N5O4S/c1-37(16-17-41-2)22-11-9-21(10-12-22)36-26-7-4-8-28-25(26)18-23(38(28)20-30(31,32)33)6-5-15-35-27-14-13-24(43(34,39)40)19-29(27)42-3/h4,7-8,13-14,18-19,21-22,35-36H,9-12,15-17,20H2,1-3H3,(H2,34,39,40)/t21-,22+. The molecule has 0 aliphatic heterocycles. The summed E-state index contributed by atoms with van der Waals surface area (Å²) in [5.41, 5.74) is 1.94. The summed E-state index contributed by atoms with van der Waals surface area (Å²) in [6.07, 6.45) is -0.455. The van der Waals surface area contributed by atoms with Gasteiger partial charge in [-0.2, -0.15) is 13.2 Å². The number of halogens is 3. The number of rotatable bonds is 11. The molecule has 4 N–H and O–H groups in total. The molecule has 1 aromatic heterocycles. The summed E-state index contributed by atoms with van der Waals surface area (Å²) in [6, 6.07) is 11.8. The van der Waals surface area contributed by atoms with Gasteiger partial charge in [-0.25, -0.2) is 13.6 Å². The van der Waals surface area contributed by atoms with Gasteiger partial charge in [0, 0.05) is 42.9 Å². The SMILES string of the molecule is COCCN(C)[C@H]1CC[C@@H](Nc2cccc3c2cc(C#CCNc2ccc(S(N)(=O)=O)cc2OC)n3CC(F)(F)F)CC1. The molecule has 1 fully saturated rings. The lowest BCUT2D eigenvalue weighted by Crippen LogP contribution is -2.39. The fourth-order valence-corrected chi connectivity index (χ4v) is 5.96. The van der Waals surface area contributed by atoms with Gasteiger partial charge in [0.05, 0.1) is 42.1 Å². The lowest BCUT2D eigenvalue weighted by Gasteiger charge is -2.35. The highest BCUT2D eigenvalue weighted by molar-refractivity contribution is 7.89. The molecule has 0 unspecified atom stereocenters. The van der Waals surface area contributed by atoms with Crippen LogP contribution in [0.15, 0.2) is 47.4 Å². The zero-order chi connectivity index (χ0) is 31.2. The summed E-state index contributed by atoms with van der Waals surface area (Å²) in [4.78, 5) is 2.22. The van der Waals surface area contributed by atoms with Gasteiger partial charge in [-0.1, -0.05) is 12.0 Å². The Bertz CT molecular complexity index is 1570. The van der Waals surface area contributed by atoms with Crippen LogP contribution in [0.4, 0.5) is 24.5 Å². The van der Waals surface area contributed by atoms with E-state index in [0.717, 1.165) is 37.9 Å². The zero-order valence-electron chi connectivity index (χ0n) is 24.5. The largest absolute Gasteiger partial charge is 0.495 e. The minimum atomic E-state index is -4.43. The van der Waals surface area contributed by atoms with Crippen LogP contribution >= 0.6 is 0 Å². The Morgan fingerprint density at radius 3 is 2.49 bits per heavy atom. The number of likely N-dealkylation sites (N-methyl/N-ethyl adjacent to an activating group) is 1. The molecule has 3 aromatic rings. The van der Waals surface area contributed by atoms with Crippen LogP contribution < -0.4 is 20.5 Å². The number of alkyl halides is 3. The quantitative estimate of drug-likeness (QED) is 0.268. The van der Waals surface area contributed by atoms with Crippen LogP contribution in [0.5, 0.6) is 5.75 Å². The highest BCUT2D eigenvalue weighted by Gasteiger charge is 2.30. The molecule has 234 valence electrons. The molecule has 0 radical (unpaired) electrons. The molecule has 0 atom stereocenters. The van der Waals surface area contributed by atoms with E-state index in [2.05, 4.69) is 34.4 Å². The maximum absolute atomic E-state index is 13.6. The van der Waals surface area contributed by atoms with Crippen molar-refractivity contribution < 1.29 is 31.1 Å². The summed E-state index contributed by atoms with van der Waals surface area (Å²) in [5.74, 6) is 6.01. The lowest BCUT2D eigenvalue weighted by atomic mass is 9.90. The van der Waals surface area contributed by atoms with E-state index in [1.54, 1.807) is 25.3 Å². The number of nitrogens with one attached hydrogen (secondary N) is 2. The molecule has 4 rings (SSSR count). The molecule has 0 saturated heterocycles. The fourth-order valence-electron chi connectivity index (χ4n) is 5.43. The first-order valence-electron chi connectivity index (χ1n) is 14.0. The van der Waals surface area contributed by atoms with Gasteiger partial charge in [-0.05, 0) is 69.0 Å². The minimum absolute atomic E-state index is 0.0752. The Labute approximate surface area is 250 Å². The number of sulfonamides is 1. The number of hydrogen-bond acceptors (Lipinski definition) is 7. The average Bonchev–Trinajstić information content (AvgIpc) is 3.30. The van der Waals surface area contributed by atoms with Crippen LogP contribution in [0, 0.1) is 11.8 Å². The number of primary sulfonamides is 1. The van der Waals surface area contributed by atoms with Crippen LogP contribution in [0.1, 0.15) is 31.4 Å². The maximum atomic E-state index is 13.6. The van der Waals surface area contributed by atoms with Crippen molar-refractivity contribution in [2.24, 2.45) is 5.14 Å². The highest BCUT2D eigenvalue weighted by Crippen LogP contribution is 2.33. The van der Waals surface area contributed by atoms with Crippen molar-refractivity contribution in [3.8, 4) is 17.6 Å². The highest BCUT2D eigenvalue weighted by atomic mass is 32.2. The van der Waals surface area contributed by atoms with E-state index in [-0.39, 0.29) is 28.9 Å². The average molecular weight is 622 g/mol. The van der Waals surface area contributed by atoms with Gasteiger partial charge in [-0.15, -0.1) is 0 Å². The molecular weight excluding hydrogens is 583 g/mol. The van der Waals surface area contributed by atoms with Crippen LogP contribution in [0.3, 0.4) is 0 Å². The Morgan fingerprint density at radius 2 is 1.84 bits per heavy atom. The van der Waals surface area contributed by atoms with Crippen LogP contribution in [0.25, 0.3) is 10.9 Å². The van der Waals surface area contributed by atoms with Crippen molar-refractivity contribution in [2.75, 3.05) is 51.6 Å². The molecule has 1 heterocycles. The van der Waals surface area contributed by atoms with E-state index in [0.29, 0.717) is 29.2 Å². The van der Waals surface area contributed by atoms with E-state index >= 15 is 0 Å². The third-order valence-corrected chi connectivity index (χ3v) is 8.61. The van der Waals surface area contributed by atoms with Gasteiger partial charge in [0.25, 0.3) is 0 Å². The first-order valence-corrected chi connectivity index (χ1v) is 15.5. The lowest BCUT2D eigenvalue weighted by molar-refractivity contribution is -0.140. The second-order valence-electron chi connectivity index (χ2n) is 10.7. The molecule has 0 bridgehead atoms. The molecule has 43 heavy (non-hydrogen) atoms. The zero-order valence-corrected chi connectivity index (χ0v) is 25.3. The van der Waals surface area contributed by atoms with Gasteiger partial charge in [0.2, 0.25) is 10.0 Å². The normalized spacial score (nSPS) is 17.5. The first-order chi connectivity index (χ1) is 20.4. The summed E-state index contributed by atoms with van der Waals surface area (Å²) in [6.45, 7) is 0.476. The summed E-state index contributed by atoms with van der Waals surface area (Å²) >= 11 is 0. The molecule has 2 aromatic carbocycles. The third kappa shape index (κ3) is 8.57. The maximum Gasteiger partial charge on any atom is 0.406 e. The number of hydrogen-bond donors (Lipinski definition) is 3. The number of aromatic nitrogens is 1. The van der Waals surface area contributed by atoms with Crippen LogP contribution in [-0.4, -0.2) is 77.1 Å². The van der Waals surface area contributed by atoms with Crippen molar-refractivity contribution in [1.29, 1.82) is 0 Å². The van der Waals surface area contributed by atoms with Gasteiger partial charge >= 0.3 is 6.18 Å². The van der Waals surface area contributed by atoms with E-state index in [1.807, 2.05) is 6.07 Å². The summed E-state index contributed by atoms with van der Waals surface area (Å²) in [5, 5.41) is 12.5. The van der Waals surface area contributed by atoms with Crippen LogP contribution in [0.2, 0.25) is 0 Å². The van der Waals surface area contributed by atoms with Gasteiger partial charge in [0.1, 0.15) is 12.3 Å². The smallest absolute Gasteiger partial charge is 0.406 e. The van der Waals surface area contributed by atoms with Gasteiger partial charge < -0.3 is 29.6 Å². The second kappa shape index (κ2) is 13.9. The van der Waals surface area contributed by atoms with Gasteiger partial charge in [0.15, 0.2) is 0 Å². The van der Waals surface area contributed by atoms with Crippen molar-refractivity contribution in [2.45, 2.75) is 55.4 Å². The monoisotopic (exact) mass is 621 g/mol. The molecular formula is C30H38F3N5O4S. The Morgan fingerprint density at radius 1 is 1.09 bits per heavy atom. The van der Waals surface area contributed by atoms with E-state index in [9.17, 15) is 21.6 Å². The topological polar surface area (TPSA) is 111 Å². The number of benzene rings is 2. The van der Waals surface area contributed by atoms with E-state index < -0.39 is 22.7 Å². The van der Waals surface area contributed by atoms with Crippen molar-refractivity contribution in [3.05, 3.63) is 48.2 Å². The Kier molecular flexibility index (Phi) is 10.5. The first kappa shape index (κ1) is 32.5. The number of fused-ring (bicyclic) bond motifs is 1. The number of anilines is 2. The second-order valence-corrected chi connectivity index (χ2v) is 12.2. The molecule has 13 heteroatoms. The van der Waals surface area contributed by atoms with Crippen molar-refractivity contribution >= 4 is 32.3 Å². The number of methoxy groups -OCH3 is 2. The molecule has 1 aliphatic carbocycles. The Hall–Kier alpha value is -3.44. The van der Waals surface area contributed by atoms with E-state index in [4.69, 9.17) is 14.6 Å². The number of nitrogens with two attached hydrogens (primary N) is 1. The predicted molar refractivity (Wildman–Crippen MR) is 162 cm³/mol. The van der Waals surface area contributed by atoms with Crippen molar-refractivity contribution in [3.63, 3.8) is 0 Å². The van der Waals surface area contributed by atoms with E-state index in [1.165, 1.54) is 29.9 Å². The molecule has 1 aliphatic rings. The fraction of sp³-hybridized carbons (Fsp3) is 0.467. The number of ether oxygens (including phenoxy) is 2. The van der Waals surface area contributed by atoms with Crippen molar-refractivity contribution in [1.82, 2.24) is 9.47 Å². The Balaban J connectivity index is 1.52. The number of nitrogens with zero attached hydrogens (tertiary/aromatic N) is 2. The molecule has 0 spiro atoms.